The van der Waals surface area contributed by atoms with Crippen molar-refractivity contribution in [1.29, 1.82) is 0 Å². The molecular formula is C40H54N4O2. The van der Waals surface area contributed by atoms with Crippen LogP contribution in [0, 0.1) is 41.5 Å². The number of carbonyl (C=O) groups excluding carboxylic acids is 2. The predicted molar refractivity (Wildman–Crippen MR) is 193 cm³/mol. The van der Waals surface area contributed by atoms with Crippen LogP contribution in [0.25, 0.3) is 12.2 Å². The van der Waals surface area contributed by atoms with E-state index in [0.717, 1.165) is 89.4 Å². The van der Waals surface area contributed by atoms with Gasteiger partial charge >= 0.3 is 0 Å². The zero-order valence-electron chi connectivity index (χ0n) is 29.0. The van der Waals surface area contributed by atoms with Gasteiger partial charge in [-0.3, -0.25) is 9.59 Å². The first-order valence-corrected chi connectivity index (χ1v) is 17.0. The largest absolute Gasteiger partial charge is 0.338 e. The summed E-state index contributed by atoms with van der Waals surface area (Å²) in [5, 5.41) is 0. The van der Waals surface area contributed by atoms with Gasteiger partial charge < -0.3 is 19.6 Å². The Morgan fingerprint density at radius 3 is 1.26 bits per heavy atom. The highest BCUT2D eigenvalue weighted by molar-refractivity contribution is 5.88. The third kappa shape index (κ3) is 10.4. The van der Waals surface area contributed by atoms with Gasteiger partial charge in [0.05, 0.1) is 0 Å². The summed E-state index contributed by atoms with van der Waals surface area (Å²) in [5.74, 6) is 0.176. The highest BCUT2D eigenvalue weighted by Crippen LogP contribution is 2.18. The molecule has 246 valence electrons. The Hall–Kier alpha value is -3.74. The molecule has 0 radical (unpaired) electrons. The summed E-state index contributed by atoms with van der Waals surface area (Å²) in [4.78, 5) is 34.7. The molecule has 0 saturated carbocycles. The SMILES string of the molecule is Cc1cc(/C=C/C=C/C(=O)N2CCCN(CCN3CCCN(C(=O)/C=C/C=C/c4cc(C)c(C)c(C)c4)CC3)CC2)cc(C)c1C. The molecular weight excluding hydrogens is 568 g/mol. The van der Waals surface area contributed by atoms with Crippen molar-refractivity contribution in [2.75, 3.05) is 65.4 Å². The molecule has 0 N–H and O–H groups in total. The Labute approximate surface area is 277 Å². The topological polar surface area (TPSA) is 47.1 Å². The van der Waals surface area contributed by atoms with E-state index in [1.54, 1.807) is 12.2 Å². The van der Waals surface area contributed by atoms with Gasteiger partial charge in [-0.25, -0.2) is 0 Å². The number of nitrogens with zero attached hydrogens (tertiary/aromatic N) is 4. The van der Waals surface area contributed by atoms with Crippen molar-refractivity contribution >= 4 is 24.0 Å². The highest BCUT2D eigenvalue weighted by Gasteiger charge is 2.20. The number of carbonyl (C=O) groups is 2. The number of amides is 2. The molecule has 0 unspecified atom stereocenters. The number of hydrogen-bond acceptors (Lipinski definition) is 4. The van der Waals surface area contributed by atoms with Gasteiger partial charge in [0.2, 0.25) is 11.8 Å². The van der Waals surface area contributed by atoms with E-state index in [1.165, 1.54) is 33.4 Å². The maximum Gasteiger partial charge on any atom is 0.246 e. The summed E-state index contributed by atoms with van der Waals surface area (Å²) in [5.41, 5.74) is 10.2. The second-order valence-electron chi connectivity index (χ2n) is 13.0. The fourth-order valence-corrected chi connectivity index (χ4v) is 6.26. The van der Waals surface area contributed by atoms with E-state index >= 15 is 0 Å². The van der Waals surface area contributed by atoms with Gasteiger partial charge in [0, 0.05) is 64.5 Å². The van der Waals surface area contributed by atoms with Gasteiger partial charge in [0.1, 0.15) is 0 Å². The molecule has 2 heterocycles. The lowest BCUT2D eigenvalue weighted by atomic mass is 10.0. The van der Waals surface area contributed by atoms with Gasteiger partial charge in [-0.2, -0.15) is 0 Å². The minimum Gasteiger partial charge on any atom is -0.338 e. The van der Waals surface area contributed by atoms with E-state index in [1.807, 2.05) is 34.1 Å². The summed E-state index contributed by atoms with van der Waals surface area (Å²) in [6.45, 7) is 21.8. The minimum atomic E-state index is 0.0879. The first-order chi connectivity index (χ1) is 22.1. The van der Waals surface area contributed by atoms with Crippen molar-refractivity contribution in [3.05, 3.63) is 105 Å². The predicted octanol–water partition coefficient (Wildman–Crippen LogP) is 6.44. The molecule has 2 aliphatic heterocycles. The Balaban J connectivity index is 1.16. The first-order valence-electron chi connectivity index (χ1n) is 17.0. The molecule has 0 aliphatic carbocycles. The average molecular weight is 623 g/mol. The molecule has 2 aromatic rings. The average Bonchev–Trinajstić information content (AvgIpc) is 3.42. The van der Waals surface area contributed by atoms with Crippen LogP contribution in [0.3, 0.4) is 0 Å². The summed E-state index contributed by atoms with van der Waals surface area (Å²) in [7, 11) is 0. The number of allylic oxidation sites excluding steroid dienone is 4. The zero-order chi connectivity index (χ0) is 33.1. The molecule has 2 saturated heterocycles. The lowest BCUT2D eigenvalue weighted by Crippen LogP contribution is -2.39. The van der Waals surface area contributed by atoms with E-state index in [4.69, 9.17) is 0 Å². The molecule has 0 aromatic heterocycles. The van der Waals surface area contributed by atoms with Crippen molar-refractivity contribution < 1.29 is 9.59 Å². The van der Waals surface area contributed by atoms with Crippen LogP contribution in [0.2, 0.25) is 0 Å². The molecule has 0 spiro atoms. The Morgan fingerprint density at radius 2 is 0.891 bits per heavy atom. The maximum atomic E-state index is 12.9. The number of aryl methyl sites for hydroxylation is 4. The van der Waals surface area contributed by atoms with E-state index in [-0.39, 0.29) is 11.8 Å². The number of hydrogen-bond donors (Lipinski definition) is 0. The van der Waals surface area contributed by atoms with Gasteiger partial charge in [0.15, 0.2) is 0 Å². The molecule has 6 nitrogen and oxygen atoms in total. The third-order valence-electron chi connectivity index (χ3n) is 9.71. The summed E-state index contributed by atoms with van der Waals surface area (Å²) in [6.07, 6.45) is 17.1. The lowest BCUT2D eigenvalue weighted by Gasteiger charge is -2.26. The van der Waals surface area contributed by atoms with Crippen molar-refractivity contribution in [2.24, 2.45) is 0 Å². The zero-order valence-corrected chi connectivity index (χ0v) is 29.0. The van der Waals surface area contributed by atoms with E-state index < -0.39 is 0 Å². The van der Waals surface area contributed by atoms with Crippen molar-refractivity contribution in [3.8, 4) is 0 Å². The fraction of sp³-hybridized carbons (Fsp3) is 0.450. The standard InChI is InChI=1S/C40H54N4O2/c1-31-27-37(28-32(2)35(31)5)13-7-9-15-39(45)43-19-11-17-41(23-25-43)21-22-42-18-12-20-44(26-24-42)40(46)16-10-8-14-38-29-33(3)36(6)34(4)30-38/h7-10,13-16,27-30H,11-12,17-26H2,1-6H3/b13-7+,14-8+,15-9+,16-10+. The van der Waals surface area contributed by atoms with Crippen LogP contribution in [0.4, 0.5) is 0 Å². The second-order valence-corrected chi connectivity index (χ2v) is 13.0. The maximum absolute atomic E-state index is 12.9. The van der Waals surface area contributed by atoms with Crippen molar-refractivity contribution in [2.45, 2.75) is 54.4 Å². The molecule has 4 rings (SSSR count). The van der Waals surface area contributed by atoms with E-state index in [9.17, 15) is 9.59 Å². The monoisotopic (exact) mass is 622 g/mol. The van der Waals surface area contributed by atoms with Crippen molar-refractivity contribution in [3.63, 3.8) is 0 Å². The minimum absolute atomic E-state index is 0.0879. The second kappa shape index (κ2) is 17.3. The smallest absolute Gasteiger partial charge is 0.246 e. The number of benzene rings is 2. The third-order valence-corrected chi connectivity index (χ3v) is 9.71. The Kier molecular flexibility index (Phi) is 13.2. The van der Waals surface area contributed by atoms with Crippen LogP contribution in [0.1, 0.15) is 57.3 Å². The highest BCUT2D eigenvalue weighted by atomic mass is 16.2. The van der Waals surface area contributed by atoms with Crippen molar-refractivity contribution in [1.82, 2.24) is 19.6 Å². The van der Waals surface area contributed by atoms with E-state index in [0.29, 0.717) is 0 Å². The van der Waals surface area contributed by atoms with Gasteiger partial charge in [-0.1, -0.05) is 60.7 Å². The summed E-state index contributed by atoms with van der Waals surface area (Å²) >= 11 is 0. The molecule has 46 heavy (non-hydrogen) atoms. The van der Waals surface area contributed by atoms with Gasteiger partial charge in [-0.05, 0) is 112 Å². The summed E-state index contributed by atoms with van der Waals surface area (Å²) < 4.78 is 0. The lowest BCUT2D eigenvalue weighted by molar-refractivity contribution is -0.126. The molecule has 0 atom stereocenters. The van der Waals surface area contributed by atoms with Crippen LogP contribution in [-0.4, -0.2) is 96.9 Å². The number of rotatable bonds is 9. The molecule has 2 aliphatic rings. The van der Waals surface area contributed by atoms with Gasteiger partial charge in [-0.15, -0.1) is 0 Å². The molecule has 2 fully saturated rings. The molecule has 6 heteroatoms. The van der Waals surface area contributed by atoms with Crippen LogP contribution >= 0.6 is 0 Å². The molecule has 0 bridgehead atoms. The normalized spacial score (nSPS) is 17.5. The molecule has 2 aromatic carbocycles. The Morgan fingerprint density at radius 1 is 0.522 bits per heavy atom. The fourth-order valence-electron chi connectivity index (χ4n) is 6.26. The first kappa shape index (κ1) is 35.1. The molecule has 2 amide bonds. The van der Waals surface area contributed by atoms with Crippen LogP contribution in [0.15, 0.2) is 60.7 Å². The summed E-state index contributed by atoms with van der Waals surface area (Å²) in [6, 6.07) is 8.74. The van der Waals surface area contributed by atoms with Crippen LogP contribution in [0.5, 0.6) is 0 Å². The van der Waals surface area contributed by atoms with E-state index in [2.05, 4.69) is 87.8 Å². The Bertz CT molecular complexity index is 1330. The van der Waals surface area contributed by atoms with Gasteiger partial charge in [0.25, 0.3) is 0 Å². The van der Waals surface area contributed by atoms with Crippen LogP contribution < -0.4 is 0 Å². The quantitative estimate of drug-likeness (QED) is 0.239. The van der Waals surface area contributed by atoms with Crippen LogP contribution in [-0.2, 0) is 9.59 Å².